The molecule has 0 radical (unpaired) electrons. The van der Waals surface area contributed by atoms with E-state index in [1.165, 1.54) is 234 Å². The smallest absolute Gasteiger partial charge is 0.135 e. The van der Waals surface area contributed by atoms with Crippen molar-refractivity contribution in [3.05, 3.63) is 391 Å². The molecule has 0 aliphatic heterocycles. The molecule has 122 heavy (non-hydrogen) atoms. The second-order valence-corrected chi connectivity index (χ2v) is 39.3. The monoisotopic (exact) mass is 1670 g/mol. The molecule has 16 aromatic carbocycles. The number of aryl methyl sites for hydroxylation is 16. The maximum Gasteiger partial charge on any atom is 0.135 e. The number of rotatable bonds is 0. The van der Waals surface area contributed by atoms with E-state index in [1.54, 1.807) is 0 Å². The molecule has 24 rings (SSSR count). The quantitative estimate of drug-likeness (QED) is 0.151. The third-order valence-corrected chi connectivity index (χ3v) is 30.5. The highest BCUT2D eigenvalue weighted by molar-refractivity contribution is 7.27. The lowest BCUT2D eigenvalue weighted by Crippen LogP contribution is -2.15. The number of hydrogen-bond donors (Lipinski definition) is 0. The number of thiophene rings is 5. The van der Waals surface area contributed by atoms with E-state index in [4.69, 9.17) is 8.83 Å². The van der Waals surface area contributed by atoms with Crippen molar-refractivity contribution in [3.8, 4) is 11.1 Å². The number of fused-ring (bicyclic) bond motifs is 24. The fraction of sp³-hybridized carbons (Fsp3) is 0.165. The van der Waals surface area contributed by atoms with E-state index in [9.17, 15) is 0 Å². The van der Waals surface area contributed by atoms with Gasteiger partial charge in [0, 0.05) is 128 Å². The van der Waals surface area contributed by atoms with Crippen molar-refractivity contribution in [3.63, 3.8) is 0 Å². The molecule has 604 valence electrons. The molecule has 7 heteroatoms. The number of benzene rings is 16. The van der Waals surface area contributed by atoms with Crippen LogP contribution in [0.4, 0.5) is 0 Å². The second kappa shape index (κ2) is 34.3. The Hall–Kier alpha value is -11.8. The van der Waals surface area contributed by atoms with Gasteiger partial charge in [-0.05, 0) is 272 Å². The summed E-state index contributed by atoms with van der Waals surface area (Å²) in [4.78, 5) is 0. The van der Waals surface area contributed by atoms with Gasteiger partial charge >= 0.3 is 0 Å². The molecule has 0 saturated carbocycles. The Labute approximate surface area is 736 Å². The maximum atomic E-state index is 5.81. The normalized spacial score (nSPS) is 11.9. The summed E-state index contributed by atoms with van der Waals surface area (Å²) in [6, 6.07) is 105. The van der Waals surface area contributed by atoms with Gasteiger partial charge in [-0.3, -0.25) is 0 Å². The summed E-state index contributed by atoms with van der Waals surface area (Å²) in [5.41, 5.74) is 31.2. The first kappa shape index (κ1) is 82.5. The van der Waals surface area contributed by atoms with Crippen LogP contribution in [0.15, 0.2) is 300 Å². The lowest BCUT2D eigenvalue weighted by Gasteiger charge is -2.22. The molecule has 0 unspecified atom stereocenters. The van der Waals surface area contributed by atoms with Gasteiger partial charge < -0.3 is 8.83 Å². The Morgan fingerprint density at radius 2 is 0.533 bits per heavy atom. The highest BCUT2D eigenvalue weighted by Gasteiger charge is 2.35. The Morgan fingerprint density at radius 3 is 1.11 bits per heavy atom. The molecule has 23 aromatic rings. The fourth-order valence-corrected chi connectivity index (χ4v) is 23.8. The maximum absolute atomic E-state index is 5.81. The minimum Gasteiger partial charge on any atom is -0.456 e. The van der Waals surface area contributed by atoms with Crippen molar-refractivity contribution in [1.29, 1.82) is 0 Å². The standard InChI is InChI=1S/C17H18.2C14H12O.5C14H12S/c1-11-5-7-13-14-8-6-12(2)10-16(14)17(3,4)15(13)9-11;1-9-3-5-11-12-6-4-10(2)8-14(12)15-13(11)7-9;1-9-6-7-11-13(8-9)15-12-5-3-4-10(2)14(11)12;1-9-5-4-8-12-13(9)11-7-3-6-10(2)14(11)15-12;1-9-5-3-7-11-13(9)14-10(2)6-4-8-12(14)15-11;1-9-6-7-11-12-5-3-4-10(2)14(12)15-13(11)8-9;1-9-6-7-13-12(8-9)11-5-3-4-10(2)14(11)15-13;1-9-7-8-10(2)14-13(9)11-5-3-4-6-12(11)15-14/h5-10H,1-4H3;7*3-8H,1-2H3. The highest BCUT2D eigenvalue weighted by Crippen LogP contribution is 2.50. The molecule has 2 nitrogen and oxygen atoms in total. The lowest BCUT2D eigenvalue weighted by atomic mass is 9.81. The van der Waals surface area contributed by atoms with Gasteiger partial charge in [0.2, 0.25) is 0 Å². The molecule has 7 heterocycles. The van der Waals surface area contributed by atoms with Gasteiger partial charge in [-0.2, -0.15) is 0 Å². The average molecular weight is 1680 g/mol. The van der Waals surface area contributed by atoms with Gasteiger partial charge in [-0.25, -0.2) is 0 Å². The van der Waals surface area contributed by atoms with Crippen LogP contribution in [0.25, 0.3) is 156 Å². The Bertz CT molecular complexity index is 7740. The van der Waals surface area contributed by atoms with E-state index in [0.717, 1.165) is 22.3 Å². The van der Waals surface area contributed by atoms with Gasteiger partial charge in [0.25, 0.3) is 0 Å². The van der Waals surface area contributed by atoms with E-state index in [2.05, 4.69) is 404 Å². The topological polar surface area (TPSA) is 26.3 Å². The predicted octanol–water partition coefficient (Wildman–Crippen LogP) is 36.4. The van der Waals surface area contributed by atoms with Crippen molar-refractivity contribution >= 4 is 201 Å². The summed E-state index contributed by atoms with van der Waals surface area (Å²) in [6.45, 7) is 39.2. The van der Waals surface area contributed by atoms with Crippen molar-refractivity contribution in [1.82, 2.24) is 0 Å². The molecule has 0 fully saturated rings. The van der Waals surface area contributed by atoms with Crippen LogP contribution in [0.5, 0.6) is 0 Å². The zero-order valence-electron chi connectivity index (χ0n) is 73.1. The molecule has 0 spiro atoms. The third-order valence-electron chi connectivity index (χ3n) is 24.1. The highest BCUT2D eigenvalue weighted by atomic mass is 32.1. The van der Waals surface area contributed by atoms with Crippen LogP contribution < -0.4 is 0 Å². The van der Waals surface area contributed by atoms with Gasteiger partial charge in [0.05, 0.1) is 0 Å². The summed E-state index contributed by atoms with van der Waals surface area (Å²) in [6.07, 6.45) is 0. The predicted molar refractivity (Wildman–Crippen MR) is 544 cm³/mol. The van der Waals surface area contributed by atoms with E-state index >= 15 is 0 Å². The molecular formula is C115H102O2S5. The first-order valence-corrected chi connectivity index (χ1v) is 46.3. The first-order valence-electron chi connectivity index (χ1n) is 42.2. The summed E-state index contributed by atoms with van der Waals surface area (Å²) in [5.74, 6) is 0. The van der Waals surface area contributed by atoms with E-state index in [1.807, 2.05) is 68.8 Å². The third kappa shape index (κ3) is 16.2. The van der Waals surface area contributed by atoms with Crippen molar-refractivity contribution in [2.45, 2.75) is 130 Å². The minimum absolute atomic E-state index is 0.142. The molecule has 0 amide bonds. The van der Waals surface area contributed by atoms with Crippen LogP contribution in [-0.4, -0.2) is 0 Å². The van der Waals surface area contributed by atoms with Crippen molar-refractivity contribution in [2.24, 2.45) is 0 Å². The molecule has 1 aliphatic rings. The van der Waals surface area contributed by atoms with Crippen LogP contribution in [0.2, 0.25) is 0 Å². The molecule has 0 N–H and O–H groups in total. The van der Waals surface area contributed by atoms with Gasteiger partial charge in [-0.15, -0.1) is 56.7 Å². The van der Waals surface area contributed by atoms with E-state index < -0.39 is 0 Å². The summed E-state index contributed by atoms with van der Waals surface area (Å²) in [5, 5.41) is 19.0. The number of hydrogen-bond acceptors (Lipinski definition) is 7. The van der Waals surface area contributed by atoms with Crippen LogP contribution in [0, 0.1) is 111 Å². The molecule has 0 saturated heterocycles. The van der Waals surface area contributed by atoms with Crippen LogP contribution in [-0.2, 0) is 5.41 Å². The van der Waals surface area contributed by atoms with E-state index in [-0.39, 0.29) is 5.41 Å². The molecule has 0 atom stereocenters. The summed E-state index contributed by atoms with van der Waals surface area (Å²) >= 11 is 9.49. The van der Waals surface area contributed by atoms with Crippen molar-refractivity contribution < 1.29 is 8.83 Å². The van der Waals surface area contributed by atoms with Crippen LogP contribution >= 0.6 is 56.7 Å². The molecular weight excluding hydrogens is 1570 g/mol. The molecule has 7 aromatic heterocycles. The second-order valence-electron chi connectivity index (χ2n) is 34.0. The van der Waals surface area contributed by atoms with Crippen molar-refractivity contribution in [2.75, 3.05) is 0 Å². The summed E-state index contributed by atoms with van der Waals surface area (Å²) < 4.78 is 25.8. The van der Waals surface area contributed by atoms with Crippen LogP contribution in [0.1, 0.15) is 114 Å². The Morgan fingerprint density at radius 1 is 0.189 bits per heavy atom. The SMILES string of the molecule is Cc1ccc(C)c2c1sc1ccccc12.Cc1ccc2c(c1)C(C)(C)c1cc(C)ccc1-2.Cc1ccc2c(c1)oc1cc(C)ccc12.Cc1ccc2c(c1)oc1cccc(C)c12.Cc1ccc2c(c1)sc1c(C)cccc12.Cc1ccc2sc3c(C)cccc3c2c1.Cc1cccc2c1sc1cccc(C)c12.Cc1cccc2sc3cccc(C)c3c12. The zero-order chi connectivity index (χ0) is 85.1. The Kier molecular flexibility index (Phi) is 23.2. The van der Waals surface area contributed by atoms with E-state index in [0.29, 0.717) is 0 Å². The Balaban J connectivity index is 0.0000000991. The number of furan rings is 2. The molecule has 0 bridgehead atoms. The largest absolute Gasteiger partial charge is 0.456 e. The van der Waals surface area contributed by atoms with Gasteiger partial charge in [0.15, 0.2) is 0 Å². The summed E-state index contributed by atoms with van der Waals surface area (Å²) in [7, 11) is 0. The zero-order valence-corrected chi connectivity index (χ0v) is 77.2. The first-order chi connectivity index (χ1) is 58.8. The fourth-order valence-electron chi connectivity index (χ4n) is 17.7. The molecule has 1 aliphatic carbocycles. The lowest BCUT2D eigenvalue weighted by molar-refractivity contribution is 0.659. The van der Waals surface area contributed by atoms with Gasteiger partial charge in [-0.1, -0.05) is 255 Å². The van der Waals surface area contributed by atoms with Gasteiger partial charge in [0.1, 0.15) is 22.3 Å². The average Bonchev–Trinajstić information content (AvgIpc) is 1.57. The van der Waals surface area contributed by atoms with Crippen LogP contribution in [0.3, 0.4) is 0 Å². The minimum atomic E-state index is 0.142.